The van der Waals surface area contributed by atoms with Crippen molar-refractivity contribution in [1.82, 2.24) is 19.3 Å². The predicted octanol–water partition coefficient (Wildman–Crippen LogP) is -0.278. The van der Waals surface area contributed by atoms with Crippen molar-refractivity contribution in [3.8, 4) is 0 Å². The van der Waals surface area contributed by atoms with E-state index in [0.29, 0.717) is 13.1 Å². The second kappa shape index (κ2) is 3.95. The van der Waals surface area contributed by atoms with Crippen LogP contribution in [0, 0.1) is 0 Å². The van der Waals surface area contributed by atoms with E-state index in [2.05, 4.69) is 10.1 Å². The van der Waals surface area contributed by atoms with E-state index in [1.807, 2.05) is 4.57 Å². The Kier molecular flexibility index (Phi) is 2.49. The lowest BCUT2D eigenvalue weighted by Gasteiger charge is -2.06. The summed E-state index contributed by atoms with van der Waals surface area (Å²) in [4.78, 5) is 14.9. The standard InChI is InChI=1S/C9H11N5O/c10-8-5-13(2-1-9(8)15)3-4-14-7-11-6-12-14/h1-2,5-7H,3-4,10H2. The number of hydrogen-bond donors (Lipinski definition) is 1. The van der Waals surface area contributed by atoms with Crippen LogP contribution in [0.3, 0.4) is 0 Å². The molecule has 2 heterocycles. The van der Waals surface area contributed by atoms with E-state index < -0.39 is 0 Å². The van der Waals surface area contributed by atoms with Crippen molar-refractivity contribution in [2.45, 2.75) is 13.1 Å². The van der Waals surface area contributed by atoms with Gasteiger partial charge in [0.25, 0.3) is 0 Å². The van der Waals surface area contributed by atoms with Gasteiger partial charge in [-0.15, -0.1) is 0 Å². The van der Waals surface area contributed by atoms with E-state index in [1.165, 1.54) is 12.4 Å². The van der Waals surface area contributed by atoms with Crippen LogP contribution in [0.2, 0.25) is 0 Å². The highest BCUT2D eigenvalue weighted by Crippen LogP contribution is 1.94. The Labute approximate surface area is 86.0 Å². The number of anilines is 1. The van der Waals surface area contributed by atoms with Crippen LogP contribution >= 0.6 is 0 Å². The summed E-state index contributed by atoms with van der Waals surface area (Å²) >= 11 is 0. The minimum atomic E-state index is -0.146. The number of nitrogens with zero attached hydrogens (tertiary/aromatic N) is 4. The normalized spacial score (nSPS) is 10.4. The first-order chi connectivity index (χ1) is 7.25. The molecule has 0 saturated heterocycles. The maximum absolute atomic E-state index is 11.0. The minimum absolute atomic E-state index is 0.146. The van der Waals surface area contributed by atoms with Gasteiger partial charge in [-0.25, -0.2) is 4.98 Å². The molecule has 0 fully saturated rings. The summed E-state index contributed by atoms with van der Waals surface area (Å²) in [6.45, 7) is 1.40. The van der Waals surface area contributed by atoms with Crippen LogP contribution in [0.1, 0.15) is 0 Å². The molecule has 2 aromatic rings. The molecule has 0 unspecified atom stereocenters. The summed E-state index contributed by atoms with van der Waals surface area (Å²) in [6.07, 6.45) is 6.46. The second-order valence-electron chi connectivity index (χ2n) is 3.16. The molecule has 0 saturated carbocycles. The van der Waals surface area contributed by atoms with Crippen LogP contribution < -0.4 is 11.2 Å². The molecule has 2 rings (SSSR count). The van der Waals surface area contributed by atoms with Crippen molar-refractivity contribution in [2.24, 2.45) is 0 Å². The molecule has 15 heavy (non-hydrogen) atoms. The van der Waals surface area contributed by atoms with Gasteiger partial charge in [-0.3, -0.25) is 9.48 Å². The monoisotopic (exact) mass is 205 g/mol. The Morgan fingerprint density at radius 3 is 2.93 bits per heavy atom. The first-order valence-corrected chi connectivity index (χ1v) is 4.54. The highest BCUT2D eigenvalue weighted by molar-refractivity contribution is 5.33. The summed E-state index contributed by atoms with van der Waals surface area (Å²) in [5.41, 5.74) is 5.62. The van der Waals surface area contributed by atoms with Gasteiger partial charge in [0.15, 0.2) is 0 Å². The van der Waals surface area contributed by atoms with Crippen molar-refractivity contribution < 1.29 is 0 Å². The second-order valence-corrected chi connectivity index (χ2v) is 3.16. The Balaban J connectivity index is 2.05. The van der Waals surface area contributed by atoms with E-state index in [0.717, 1.165) is 0 Å². The molecule has 0 atom stereocenters. The van der Waals surface area contributed by atoms with E-state index in [4.69, 9.17) is 5.73 Å². The molecule has 0 spiro atoms. The lowest BCUT2D eigenvalue weighted by atomic mass is 10.4. The zero-order chi connectivity index (χ0) is 10.7. The van der Waals surface area contributed by atoms with Gasteiger partial charge in [0, 0.05) is 25.0 Å². The maximum Gasteiger partial charge on any atom is 0.204 e. The van der Waals surface area contributed by atoms with Crippen molar-refractivity contribution in [3.63, 3.8) is 0 Å². The Hall–Kier alpha value is -2.11. The molecule has 0 aliphatic rings. The molecule has 78 valence electrons. The van der Waals surface area contributed by atoms with Crippen LogP contribution in [0.4, 0.5) is 5.69 Å². The molecule has 2 N–H and O–H groups in total. The zero-order valence-corrected chi connectivity index (χ0v) is 8.08. The maximum atomic E-state index is 11.0. The van der Waals surface area contributed by atoms with Crippen LogP contribution in [-0.4, -0.2) is 19.3 Å². The third-order valence-corrected chi connectivity index (χ3v) is 2.06. The molecule has 2 aromatic heterocycles. The van der Waals surface area contributed by atoms with Gasteiger partial charge in [-0.1, -0.05) is 0 Å². The number of rotatable bonds is 3. The van der Waals surface area contributed by atoms with Crippen LogP contribution in [-0.2, 0) is 13.1 Å². The topological polar surface area (TPSA) is 78.7 Å². The average Bonchev–Trinajstić information content (AvgIpc) is 2.73. The van der Waals surface area contributed by atoms with Crippen molar-refractivity contribution in [1.29, 1.82) is 0 Å². The molecule has 0 aliphatic heterocycles. The molecule has 0 aromatic carbocycles. The average molecular weight is 205 g/mol. The van der Waals surface area contributed by atoms with Crippen molar-refractivity contribution in [2.75, 3.05) is 5.73 Å². The summed E-state index contributed by atoms with van der Waals surface area (Å²) in [5.74, 6) is 0. The lowest BCUT2D eigenvalue weighted by Crippen LogP contribution is -2.13. The third kappa shape index (κ3) is 2.22. The minimum Gasteiger partial charge on any atom is -0.394 e. The first-order valence-electron chi connectivity index (χ1n) is 4.54. The molecule has 0 amide bonds. The molecule has 0 radical (unpaired) electrons. The van der Waals surface area contributed by atoms with Gasteiger partial charge in [-0.2, -0.15) is 5.10 Å². The van der Waals surface area contributed by atoms with Gasteiger partial charge in [0.1, 0.15) is 12.7 Å². The number of nitrogen functional groups attached to an aromatic ring is 1. The lowest BCUT2D eigenvalue weighted by molar-refractivity contribution is 0.531. The predicted molar refractivity (Wildman–Crippen MR) is 55.1 cm³/mol. The smallest absolute Gasteiger partial charge is 0.204 e. The van der Waals surface area contributed by atoms with Crippen molar-refractivity contribution >= 4 is 5.69 Å². The van der Waals surface area contributed by atoms with E-state index in [9.17, 15) is 4.79 Å². The van der Waals surface area contributed by atoms with E-state index >= 15 is 0 Å². The molecule has 0 aliphatic carbocycles. The number of pyridine rings is 1. The molecule has 0 bridgehead atoms. The van der Waals surface area contributed by atoms with Crippen LogP contribution in [0.15, 0.2) is 35.9 Å². The highest BCUT2D eigenvalue weighted by Gasteiger charge is 1.96. The van der Waals surface area contributed by atoms with Gasteiger partial charge in [0.05, 0.1) is 12.2 Å². The quantitative estimate of drug-likeness (QED) is 0.747. The Morgan fingerprint density at radius 2 is 2.27 bits per heavy atom. The van der Waals surface area contributed by atoms with E-state index in [1.54, 1.807) is 23.4 Å². The van der Waals surface area contributed by atoms with Gasteiger partial charge in [0.2, 0.25) is 5.43 Å². The SMILES string of the molecule is Nc1cn(CCn2cncn2)ccc1=O. The van der Waals surface area contributed by atoms with Crippen molar-refractivity contribution in [3.05, 3.63) is 41.3 Å². The summed E-state index contributed by atoms with van der Waals surface area (Å²) < 4.78 is 3.56. The molecule has 6 heteroatoms. The van der Waals surface area contributed by atoms with Crippen LogP contribution in [0.5, 0.6) is 0 Å². The number of hydrogen-bond acceptors (Lipinski definition) is 4. The fourth-order valence-electron chi connectivity index (χ4n) is 1.25. The number of nitrogens with two attached hydrogens (primary N) is 1. The van der Waals surface area contributed by atoms with Gasteiger partial charge >= 0.3 is 0 Å². The largest absolute Gasteiger partial charge is 0.394 e. The highest BCUT2D eigenvalue weighted by atomic mass is 16.1. The van der Waals surface area contributed by atoms with Crippen LogP contribution in [0.25, 0.3) is 0 Å². The van der Waals surface area contributed by atoms with Gasteiger partial charge in [-0.05, 0) is 0 Å². The Morgan fingerprint density at radius 1 is 1.40 bits per heavy atom. The fraction of sp³-hybridized carbons (Fsp3) is 0.222. The number of aromatic nitrogens is 4. The fourth-order valence-corrected chi connectivity index (χ4v) is 1.25. The van der Waals surface area contributed by atoms with Gasteiger partial charge < -0.3 is 10.3 Å². The summed E-state index contributed by atoms with van der Waals surface area (Å²) in [7, 11) is 0. The zero-order valence-electron chi connectivity index (χ0n) is 8.08. The Bertz CT molecular complexity index is 487. The molecular weight excluding hydrogens is 194 g/mol. The summed E-state index contributed by atoms with van der Waals surface area (Å²) in [5, 5.41) is 3.97. The molecule has 6 nitrogen and oxygen atoms in total. The number of aryl methyl sites for hydroxylation is 2. The molecular formula is C9H11N5O. The third-order valence-electron chi connectivity index (χ3n) is 2.06. The van der Waals surface area contributed by atoms with E-state index in [-0.39, 0.29) is 11.1 Å². The first kappa shape index (κ1) is 9.45. The summed E-state index contributed by atoms with van der Waals surface area (Å²) in [6, 6.07) is 1.46.